The number of amides is 3. The molecule has 0 saturated carbocycles. The first-order valence-corrected chi connectivity index (χ1v) is 12.3. The summed E-state index contributed by atoms with van der Waals surface area (Å²) in [6.07, 6.45) is 0.00692. The van der Waals surface area contributed by atoms with Crippen LogP contribution in [0.2, 0.25) is 0 Å². The van der Waals surface area contributed by atoms with E-state index in [4.69, 9.17) is 0 Å². The number of nitrogens with one attached hydrogen (secondary N) is 2. The number of aldehydes is 1. The van der Waals surface area contributed by atoms with E-state index in [2.05, 4.69) is 10.6 Å². The lowest BCUT2D eigenvalue weighted by molar-refractivity contribution is -0.144. The predicted molar refractivity (Wildman–Crippen MR) is 142 cm³/mol. The number of aliphatic carboxylic acids is 1. The zero-order valence-electron chi connectivity index (χ0n) is 21.3. The van der Waals surface area contributed by atoms with Crippen LogP contribution in [0, 0.1) is 5.92 Å². The van der Waals surface area contributed by atoms with E-state index in [-0.39, 0.29) is 12.5 Å². The Balaban J connectivity index is 1.86. The van der Waals surface area contributed by atoms with Gasteiger partial charge < -0.3 is 25.4 Å². The molecule has 198 valence electrons. The first-order valence-electron chi connectivity index (χ1n) is 12.3. The Kier molecular flexibility index (Phi) is 9.70. The summed E-state index contributed by atoms with van der Waals surface area (Å²) in [4.78, 5) is 63.3. The van der Waals surface area contributed by atoms with E-state index >= 15 is 0 Å². The second-order valence-corrected chi connectivity index (χ2v) is 9.26. The summed E-state index contributed by atoms with van der Waals surface area (Å²) >= 11 is 0. The van der Waals surface area contributed by atoms with Gasteiger partial charge in [-0.05, 0) is 28.3 Å². The summed E-state index contributed by atoms with van der Waals surface area (Å²) in [5.74, 6) is -3.31. The SMILES string of the molecule is CC(C)[C@H](NC(=O)c1cccc2ccccc12)C(=O)N(CC(=O)N[C@@H](CC=O)C(=O)O)Cc1ccccc1. The van der Waals surface area contributed by atoms with Gasteiger partial charge in [-0.25, -0.2) is 4.79 Å². The number of carboxylic acid groups (broad SMARTS) is 1. The van der Waals surface area contributed by atoms with Gasteiger partial charge in [0.2, 0.25) is 11.8 Å². The molecule has 0 bridgehead atoms. The molecule has 3 rings (SSSR count). The van der Waals surface area contributed by atoms with E-state index < -0.39 is 48.7 Å². The van der Waals surface area contributed by atoms with Gasteiger partial charge in [0.05, 0.1) is 6.54 Å². The van der Waals surface area contributed by atoms with E-state index in [1.165, 1.54) is 4.90 Å². The second kappa shape index (κ2) is 13.1. The summed E-state index contributed by atoms with van der Waals surface area (Å²) in [5.41, 5.74) is 1.17. The highest BCUT2D eigenvalue weighted by Crippen LogP contribution is 2.19. The van der Waals surface area contributed by atoms with Crippen molar-refractivity contribution in [1.29, 1.82) is 0 Å². The fourth-order valence-electron chi connectivity index (χ4n) is 4.10. The van der Waals surface area contributed by atoms with Gasteiger partial charge in [0.15, 0.2) is 0 Å². The van der Waals surface area contributed by atoms with Crippen molar-refractivity contribution >= 4 is 40.7 Å². The Morgan fingerprint density at radius 3 is 2.21 bits per heavy atom. The van der Waals surface area contributed by atoms with E-state index in [1.807, 2.05) is 36.4 Å². The quantitative estimate of drug-likeness (QED) is 0.317. The van der Waals surface area contributed by atoms with Crippen LogP contribution < -0.4 is 10.6 Å². The van der Waals surface area contributed by atoms with Gasteiger partial charge in [-0.3, -0.25) is 14.4 Å². The van der Waals surface area contributed by atoms with Crippen molar-refractivity contribution in [2.75, 3.05) is 6.54 Å². The molecule has 0 unspecified atom stereocenters. The smallest absolute Gasteiger partial charge is 0.326 e. The molecule has 3 aromatic rings. The molecule has 0 aromatic heterocycles. The molecule has 0 aliphatic rings. The second-order valence-electron chi connectivity index (χ2n) is 9.26. The summed E-state index contributed by atoms with van der Waals surface area (Å²) in [5, 5.41) is 16.0. The molecule has 0 heterocycles. The van der Waals surface area contributed by atoms with Crippen LogP contribution in [0.15, 0.2) is 72.8 Å². The van der Waals surface area contributed by atoms with Gasteiger partial charge in [-0.15, -0.1) is 0 Å². The predicted octanol–water partition coefficient (Wildman–Crippen LogP) is 2.78. The molecule has 0 radical (unpaired) electrons. The van der Waals surface area contributed by atoms with Crippen LogP contribution in [-0.4, -0.2) is 58.6 Å². The van der Waals surface area contributed by atoms with Crippen molar-refractivity contribution in [3.05, 3.63) is 83.9 Å². The van der Waals surface area contributed by atoms with Crippen LogP contribution in [0.3, 0.4) is 0 Å². The molecular weight excluding hydrogens is 486 g/mol. The molecule has 9 nitrogen and oxygen atoms in total. The van der Waals surface area contributed by atoms with Crippen molar-refractivity contribution in [3.8, 4) is 0 Å². The number of hydrogen-bond acceptors (Lipinski definition) is 5. The van der Waals surface area contributed by atoms with Gasteiger partial charge in [0, 0.05) is 18.5 Å². The normalized spacial score (nSPS) is 12.4. The Morgan fingerprint density at radius 2 is 1.55 bits per heavy atom. The lowest BCUT2D eigenvalue weighted by Gasteiger charge is -2.30. The van der Waals surface area contributed by atoms with Crippen molar-refractivity contribution in [2.45, 2.75) is 38.9 Å². The lowest BCUT2D eigenvalue weighted by atomic mass is 10.00. The van der Waals surface area contributed by atoms with Gasteiger partial charge in [0.1, 0.15) is 18.4 Å². The van der Waals surface area contributed by atoms with E-state index in [1.54, 1.807) is 50.2 Å². The first kappa shape index (κ1) is 28.0. The number of benzene rings is 3. The molecule has 0 aliphatic carbocycles. The van der Waals surface area contributed by atoms with Crippen LogP contribution in [0.5, 0.6) is 0 Å². The van der Waals surface area contributed by atoms with E-state index in [0.717, 1.165) is 16.3 Å². The zero-order chi connectivity index (χ0) is 27.7. The van der Waals surface area contributed by atoms with Crippen molar-refractivity contribution < 1.29 is 29.1 Å². The van der Waals surface area contributed by atoms with Crippen molar-refractivity contribution in [2.24, 2.45) is 5.92 Å². The van der Waals surface area contributed by atoms with Crippen molar-refractivity contribution in [3.63, 3.8) is 0 Å². The van der Waals surface area contributed by atoms with Crippen LogP contribution in [-0.2, 0) is 25.7 Å². The zero-order valence-corrected chi connectivity index (χ0v) is 21.3. The van der Waals surface area contributed by atoms with E-state index in [9.17, 15) is 29.1 Å². The molecule has 3 aromatic carbocycles. The van der Waals surface area contributed by atoms with Crippen LogP contribution >= 0.6 is 0 Å². The molecule has 0 fully saturated rings. The Hall–Kier alpha value is -4.53. The fraction of sp³-hybridized carbons (Fsp3) is 0.276. The highest BCUT2D eigenvalue weighted by atomic mass is 16.4. The number of nitrogens with zero attached hydrogens (tertiary/aromatic N) is 1. The molecule has 9 heteroatoms. The van der Waals surface area contributed by atoms with Gasteiger partial charge in [-0.2, -0.15) is 0 Å². The average Bonchev–Trinajstić information content (AvgIpc) is 2.90. The van der Waals surface area contributed by atoms with Gasteiger partial charge >= 0.3 is 5.97 Å². The Labute approximate surface area is 220 Å². The monoisotopic (exact) mass is 517 g/mol. The summed E-state index contributed by atoms with van der Waals surface area (Å²) in [7, 11) is 0. The molecule has 0 saturated heterocycles. The molecule has 38 heavy (non-hydrogen) atoms. The van der Waals surface area contributed by atoms with Crippen LogP contribution in [0.1, 0.15) is 36.2 Å². The molecule has 0 aliphatic heterocycles. The number of hydrogen-bond donors (Lipinski definition) is 3. The molecule has 0 spiro atoms. The molecule has 3 amide bonds. The average molecular weight is 518 g/mol. The largest absolute Gasteiger partial charge is 0.480 e. The topological polar surface area (TPSA) is 133 Å². The third-order valence-electron chi connectivity index (χ3n) is 6.08. The standard InChI is InChI=1S/C29H31N3O6/c1-19(2)26(31-27(35)23-14-8-12-21-11-6-7-13-22(21)23)28(36)32(17-20-9-4-3-5-10-20)18-25(34)30-24(15-16-33)29(37)38/h3-14,16,19,24,26H,15,17-18H2,1-2H3,(H,30,34)(H,31,35)(H,37,38)/t24-,26-/m0/s1. The summed E-state index contributed by atoms with van der Waals surface area (Å²) in [6.45, 7) is 3.18. The van der Waals surface area contributed by atoms with Crippen molar-refractivity contribution in [1.82, 2.24) is 15.5 Å². The summed E-state index contributed by atoms with van der Waals surface area (Å²) < 4.78 is 0. The molecule has 3 N–H and O–H groups in total. The molecule has 2 atom stereocenters. The third-order valence-corrected chi connectivity index (χ3v) is 6.08. The maximum absolute atomic E-state index is 13.8. The van der Waals surface area contributed by atoms with Crippen LogP contribution in [0.25, 0.3) is 10.8 Å². The number of carboxylic acids is 1. The minimum absolute atomic E-state index is 0.0614. The van der Waals surface area contributed by atoms with Crippen LogP contribution in [0.4, 0.5) is 0 Å². The number of fused-ring (bicyclic) bond motifs is 1. The maximum Gasteiger partial charge on any atom is 0.326 e. The minimum Gasteiger partial charge on any atom is -0.480 e. The lowest BCUT2D eigenvalue weighted by Crippen LogP contribution is -2.54. The number of carbonyl (C=O) groups excluding carboxylic acids is 4. The summed E-state index contributed by atoms with van der Waals surface area (Å²) in [6, 6.07) is 19.4. The highest BCUT2D eigenvalue weighted by molar-refractivity contribution is 6.08. The number of rotatable bonds is 12. The molecular formula is C29H31N3O6. The van der Waals surface area contributed by atoms with E-state index in [0.29, 0.717) is 11.8 Å². The maximum atomic E-state index is 13.8. The Bertz CT molecular complexity index is 1300. The highest BCUT2D eigenvalue weighted by Gasteiger charge is 2.31. The first-order chi connectivity index (χ1) is 18.2. The Morgan fingerprint density at radius 1 is 0.895 bits per heavy atom. The minimum atomic E-state index is -1.40. The van der Waals surface area contributed by atoms with Gasteiger partial charge in [-0.1, -0.05) is 80.6 Å². The third kappa shape index (κ3) is 7.25. The number of carbonyl (C=O) groups is 5. The fourth-order valence-corrected chi connectivity index (χ4v) is 4.10. The van der Waals surface area contributed by atoms with Gasteiger partial charge in [0.25, 0.3) is 5.91 Å².